The number of aryl methyl sites for hydroxylation is 3. The van der Waals surface area contributed by atoms with Crippen LogP contribution < -0.4 is 21.3 Å². The molecule has 1 aliphatic rings. The number of oxazole rings is 1. The van der Waals surface area contributed by atoms with Crippen molar-refractivity contribution in [3.05, 3.63) is 34.8 Å². The third-order valence-corrected chi connectivity index (χ3v) is 6.27. The van der Waals surface area contributed by atoms with E-state index in [-0.39, 0.29) is 47.5 Å². The van der Waals surface area contributed by atoms with Gasteiger partial charge < -0.3 is 25.7 Å². The summed E-state index contributed by atoms with van der Waals surface area (Å²) < 4.78 is 7.36. The van der Waals surface area contributed by atoms with Gasteiger partial charge >= 0.3 is 0 Å². The van der Waals surface area contributed by atoms with Gasteiger partial charge in [0.05, 0.1) is 5.69 Å². The first-order valence-corrected chi connectivity index (χ1v) is 12.6. The largest absolute Gasteiger partial charge is 0.443 e. The molecule has 3 heterocycles. The zero-order valence-electron chi connectivity index (χ0n) is 22.3. The van der Waals surface area contributed by atoms with Crippen molar-refractivity contribution >= 4 is 23.6 Å². The molecular formula is C25H37N7O5. The number of nitrogens with one attached hydrogen (secondary N) is 4. The molecule has 0 fully saturated rings. The number of nitrogens with zero attached hydrogens (tertiary/aromatic N) is 3. The Balaban J connectivity index is 1.85. The smallest absolute Gasteiger partial charge is 0.274 e. The number of carbonyl (C=O) groups is 4. The predicted molar refractivity (Wildman–Crippen MR) is 134 cm³/mol. The molecule has 4 N–H and O–H groups in total. The predicted octanol–water partition coefficient (Wildman–Crippen LogP) is 1.21. The maximum absolute atomic E-state index is 13.4. The number of rotatable bonds is 4. The Morgan fingerprint density at radius 3 is 2.54 bits per heavy atom. The lowest BCUT2D eigenvalue weighted by atomic mass is 10.0. The molecule has 0 radical (unpaired) electrons. The molecule has 1 aliphatic heterocycles. The molecule has 0 unspecified atom stereocenters. The topological polar surface area (TPSA) is 160 Å². The second-order valence-corrected chi connectivity index (χ2v) is 9.87. The van der Waals surface area contributed by atoms with Gasteiger partial charge in [0.1, 0.15) is 30.4 Å². The Labute approximate surface area is 216 Å². The van der Waals surface area contributed by atoms with E-state index >= 15 is 0 Å². The van der Waals surface area contributed by atoms with Crippen molar-refractivity contribution in [3.8, 4) is 0 Å². The summed E-state index contributed by atoms with van der Waals surface area (Å²) in [6.07, 6.45) is 1.54. The highest BCUT2D eigenvalue weighted by molar-refractivity contribution is 5.96. The van der Waals surface area contributed by atoms with Crippen molar-refractivity contribution in [1.82, 2.24) is 36.0 Å². The Morgan fingerprint density at radius 2 is 1.89 bits per heavy atom. The molecule has 3 atom stereocenters. The van der Waals surface area contributed by atoms with Crippen LogP contribution in [0.5, 0.6) is 0 Å². The fourth-order valence-corrected chi connectivity index (χ4v) is 4.18. The average molecular weight is 516 g/mol. The number of hydrogen-bond acceptors (Lipinski definition) is 7. The highest BCUT2D eigenvalue weighted by Crippen LogP contribution is 2.24. The number of carbonyl (C=O) groups excluding carboxylic acids is 4. The van der Waals surface area contributed by atoms with Crippen LogP contribution in [0, 0.1) is 26.7 Å². The van der Waals surface area contributed by atoms with Gasteiger partial charge in [-0.3, -0.25) is 23.9 Å². The van der Waals surface area contributed by atoms with E-state index < -0.39 is 24.0 Å². The summed E-state index contributed by atoms with van der Waals surface area (Å²) in [7, 11) is 0. The third kappa shape index (κ3) is 7.17. The van der Waals surface area contributed by atoms with Gasteiger partial charge in [0.2, 0.25) is 23.6 Å². The van der Waals surface area contributed by atoms with Gasteiger partial charge in [0.25, 0.3) is 5.91 Å². The van der Waals surface area contributed by atoms with Gasteiger partial charge in [-0.1, -0.05) is 13.8 Å². The molecular weight excluding hydrogens is 478 g/mol. The van der Waals surface area contributed by atoms with Crippen molar-refractivity contribution < 1.29 is 23.6 Å². The molecule has 2 aromatic rings. The summed E-state index contributed by atoms with van der Waals surface area (Å²) in [5.41, 5.74) is 1.70. The summed E-state index contributed by atoms with van der Waals surface area (Å²) in [5.74, 6) is -1.24. The van der Waals surface area contributed by atoms with Crippen molar-refractivity contribution in [3.63, 3.8) is 0 Å². The molecule has 4 amide bonds. The first kappa shape index (κ1) is 27.9. The van der Waals surface area contributed by atoms with Crippen LogP contribution >= 0.6 is 0 Å². The SMILES string of the molecule is Cc1cc(C)n(CC(=O)N[C@H]2CCCCNC(=O)[C@@H](C)NC(=O)c3nc(oc3C)[C@H](C(C)C)NC2=O)n1. The summed E-state index contributed by atoms with van der Waals surface area (Å²) in [6.45, 7) is 11.1. The monoisotopic (exact) mass is 515 g/mol. The Morgan fingerprint density at radius 1 is 1.16 bits per heavy atom. The molecule has 37 heavy (non-hydrogen) atoms. The quantitative estimate of drug-likeness (QED) is 0.476. The minimum Gasteiger partial charge on any atom is -0.443 e. The molecule has 202 valence electrons. The van der Waals surface area contributed by atoms with Crippen LogP contribution in [0.2, 0.25) is 0 Å². The van der Waals surface area contributed by atoms with Gasteiger partial charge in [-0.05, 0) is 58.9 Å². The maximum Gasteiger partial charge on any atom is 0.274 e. The fraction of sp³-hybridized carbons (Fsp3) is 0.600. The molecule has 12 heteroatoms. The van der Waals surface area contributed by atoms with Crippen molar-refractivity contribution in [2.45, 2.75) is 85.5 Å². The summed E-state index contributed by atoms with van der Waals surface area (Å²) in [5, 5.41) is 15.5. The summed E-state index contributed by atoms with van der Waals surface area (Å²) in [6, 6.07) is -0.326. The van der Waals surface area contributed by atoms with Crippen LogP contribution in [0.4, 0.5) is 0 Å². The van der Waals surface area contributed by atoms with Crippen LogP contribution in [0.1, 0.15) is 79.6 Å². The molecule has 0 saturated heterocycles. The van der Waals surface area contributed by atoms with E-state index in [2.05, 4.69) is 31.3 Å². The molecule has 2 bridgehead atoms. The second kappa shape index (κ2) is 12.0. The van der Waals surface area contributed by atoms with Gasteiger partial charge in [0, 0.05) is 12.2 Å². The van der Waals surface area contributed by atoms with Crippen molar-refractivity contribution in [1.29, 1.82) is 0 Å². The standard InChI is InChI=1S/C25H37N7O5/c1-13(2)20-25-30-21(17(6)37-25)24(36)27-16(5)22(34)26-10-8-7-9-18(23(35)29-20)28-19(33)12-32-15(4)11-14(3)31-32/h11,13,16,18,20H,7-10,12H2,1-6H3,(H,26,34)(H,27,36)(H,28,33)(H,29,35)/t16-,18+,20+/m1/s1. The van der Waals surface area contributed by atoms with Crippen molar-refractivity contribution in [2.75, 3.05) is 6.54 Å². The normalized spacial score (nSPS) is 21.8. The molecule has 0 spiro atoms. The van der Waals surface area contributed by atoms with Crippen molar-refractivity contribution in [2.24, 2.45) is 5.92 Å². The van der Waals surface area contributed by atoms with E-state index in [4.69, 9.17) is 4.42 Å². The Bertz CT molecular complexity index is 1150. The molecule has 0 saturated carbocycles. The van der Waals surface area contributed by atoms with E-state index in [1.165, 1.54) is 0 Å². The van der Waals surface area contributed by atoms with Crippen LogP contribution in [0.3, 0.4) is 0 Å². The van der Waals surface area contributed by atoms with Crippen LogP contribution in [0.15, 0.2) is 10.5 Å². The minimum atomic E-state index is -0.813. The van der Waals surface area contributed by atoms with Crippen LogP contribution in [-0.2, 0) is 20.9 Å². The summed E-state index contributed by atoms with van der Waals surface area (Å²) in [4.78, 5) is 55.7. The number of aromatic nitrogens is 3. The van der Waals surface area contributed by atoms with E-state index in [9.17, 15) is 19.2 Å². The first-order chi connectivity index (χ1) is 17.5. The van der Waals surface area contributed by atoms with Crippen LogP contribution in [-0.4, -0.2) is 57.0 Å². The van der Waals surface area contributed by atoms with E-state index in [1.807, 2.05) is 33.8 Å². The summed E-state index contributed by atoms with van der Waals surface area (Å²) >= 11 is 0. The zero-order valence-corrected chi connectivity index (χ0v) is 22.3. The lowest BCUT2D eigenvalue weighted by Crippen LogP contribution is -2.49. The van der Waals surface area contributed by atoms with E-state index in [0.717, 1.165) is 11.4 Å². The molecule has 0 aromatic carbocycles. The number of fused-ring (bicyclic) bond motifs is 2. The van der Waals surface area contributed by atoms with Gasteiger partial charge in [-0.25, -0.2) is 4.98 Å². The molecule has 2 aromatic heterocycles. The number of hydrogen-bond donors (Lipinski definition) is 4. The Hall–Kier alpha value is -3.70. The minimum absolute atomic E-state index is 0.0115. The molecule has 0 aliphatic carbocycles. The first-order valence-electron chi connectivity index (χ1n) is 12.6. The lowest BCUT2D eigenvalue weighted by molar-refractivity contribution is -0.130. The number of amides is 4. The van der Waals surface area contributed by atoms with E-state index in [0.29, 0.717) is 25.8 Å². The van der Waals surface area contributed by atoms with Gasteiger partial charge in [-0.2, -0.15) is 5.10 Å². The highest BCUT2D eigenvalue weighted by Gasteiger charge is 2.31. The second-order valence-electron chi connectivity index (χ2n) is 9.87. The van der Waals surface area contributed by atoms with Gasteiger partial charge in [-0.15, -0.1) is 0 Å². The molecule has 12 nitrogen and oxygen atoms in total. The van der Waals surface area contributed by atoms with Gasteiger partial charge in [0.15, 0.2) is 5.69 Å². The Kier molecular flexibility index (Phi) is 9.06. The lowest BCUT2D eigenvalue weighted by Gasteiger charge is -2.24. The maximum atomic E-state index is 13.4. The highest BCUT2D eigenvalue weighted by atomic mass is 16.4. The third-order valence-electron chi connectivity index (χ3n) is 6.27. The molecule has 3 rings (SSSR count). The average Bonchev–Trinajstić information content (AvgIpc) is 3.35. The van der Waals surface area contributed by atoms with Crippen LogP contribution in [0.25, 0.3) is 0 Å². The van der Waals surface area contributed by atoms with E-state index in [1.54, 1.807) is 18.5 Å². The zero-order chi connectivity index (χ0) is 27.3. The fourth-order valence-electron chi connectivity index (χ4n) is 4.18.